The standard InChI is InChI=1S/C32H44N4O3S/c1-24-9-11-27(12-10-24)21-35(19-15-26-13-14-29(38-3)30(20-26)39-4)22-31-34-28(23-40-31)32(37)33-16-7-18-36-17-6-5-8-25(36)2/h9-14,20,23,25H,5-8,15-19,21-22H2,1-4H3,(H,33,37). The third-order valence-electron chi connectivity index (χ3n) is 7.68. The molecule has 0 bridgehead atoms. The molecule has 1 atom stereocenters. The average molecular weight is 565 g/mol. The lowest BCUT2D eigenvalue weighted by Gasteiger charge is -2.33. The second kappa shape index (κ2) is 15.2. The van der Waals surface area contributed by atoms with Crippen LogP contribution in [0.25, 0.3) is 0 Å². The number of carbonyl (C=O) groups excluding carboxylic acids is 1. The van der Waals surface area contributed by atoms with Crippen LogP contribution in [0.2, 0.25) is 0 Å². The molecule has 216 valence electrons. The number of nitrogens with zero attached hydrogens (tertiary/aromatic N) is 3. The highest BCUT2D eigenvalue weighted by Gasteiger charge is 2.18. The van der Waals surface area contributed by atoms with Gasteiger partial charge in [0.1, 0.15) is 10.7 Å². The van der Waals surface area contributed by atoms with Gasteiger partial charge in [0, 0.05) is 37.6 Å². The van der Waals surface area contributed by atoms with E-state index in [2.05, 4.69) is 59.3 Å². The van der Waals surface area contributed by atoms with E-state index >= 15 is 0 Å². The van der Waals surface area contributed by atoms with Crippen LogP contribution in [0.4, 0.5) is 0 Å². The van der Waals surface area contributed by atoms with E-state index in [9.17, 15) is 4.79 Å². The second-order valence-corrected chi connectivity index (χ2v) is 11.7. The number of rotatable bonds is 14. The van der Waals surface area contributed by atoms with Crippen LogP contribution in [0.15, 0.2) is 47.8 Å². The molecule has 8 heteroatoms. The lowest BCUT2D eigenvalue weighted by molar-refractivity contribution is 0.0944. The number of benzene rings is 2. The highest BCUT2D eigenvalue weighted by atomic mass is 32.1. The number of methoxy groups -OCH3 is 2. The van der Waals surface area contributed by atoms with Gasteiger partial charge in [0.2, 0.25) is 0 Å². The molecular weight excluding hydrogens is 520 g/mol. The van der Waals surface area contributed by atoms with Crippen molar-refractivity contribution in [2.75, 3.05) is 40.4 Å². The molecule has 1 aliphatic heterocycles. The van der Waals surface area contributed by atoms with E-state index in [1.54, 1.807) is 25.6 Å². The maximum Gasteiger partial charge on any atom is 0.270 e. The molecule has 1 saturated heterocycles. The molecule has 7 nitrogen and oxygen atoms in total. The first-order valence-corrected chi connectivity index (χ1v) is 15.3. The number of piperidine rings is 1. The van der Waals surface area contributed by atoms with Gasteiger partial charge in [-0.15, -0.1) is 11.3 Å². The summed E-state index contributed by atoms with van der Waals surface area (Å²) in [6, 6.07) is 15.4. The quantitative estimate of drug-likeness (QED) is 0.253. The van der Waals surface area contributed by atoms with Crippen LogP contribution in [-0.2, 0) is 19.5 Å². The molecule has 1 N–H and O–H groups in total. The normalized spacial score (nSPS) is 15.8. The van der Waals surface area contributed by atoms with Crippen molar-refractivity contribution < 1.29 is 14.3 Å². The summed E-state index contributed by atoms with van der Waals surface area (Å²) < 4.78 is 10.9. The monoisotopic (exact) mass is 564 g/mol. The molecule has 1 fully saturated rings. The maximum absolute atomic E-state index is 12.8. The lowest BCUT2D eigenvalue weighted by atomic mass is 10.0. The zero-order valence-corrected chi connectivity index (χ0v) is 25.3. The van der Waals surface area contributed by atoms with E-state index in [1.165, 1.54) is 42.5 Å². The van der Waals surface area contributed by atoms with Crippen LogP contribution in [-0.4, -0.2) is 67.1 Å². The van der Waals surface area contributed by atoms with Gasteiger partial charge < -0.3 is 19.7 Å². The Morgan fingerprint density at radius 3 is 2.60 bits per heavy atom. The zero-order valence-electron chi connectivity index (χ0n) is 24.4. The molecule has 2 aromatic carbocycles. The SMILES string of the molecule is COc1ccc(CCN(Cc2ccc(C)cc2)Cc2nc(C(=O)NCCCN3CCCCC3C)cs2)cc1OC. The molecule has 0 radical (unpaired) electrons. The number of aromatic nitrogens is 1. The topological polar surface area (TPSA) is 66.9 Å². The molecule has 1 amide bonds. The predicted molar refractivity (Wildman–Crippen MR) is 162 cm³/mol. The summed E-state index contributed by atoms with van der Waals surface area (Å²) in [6.07, 6.45) is 5.73. The van der Waals surface area contributed by atoms with E-state index in [0.717, 1.165) is 49.0 Å². The molecule has 0 aliphatic carbocycles. The van der Waals surface area contributed by atoms with Crippen LogP contribution in [0.5, 0.6) is 11.5 Å². The third-order valence-corrected chi connectivity index (χ3v) is 8.52. The van der Waals surface area contributed by atoms with Gasteiger partial charge in [0.25, 0.3) is 5.91 Å². The molecule has 1 aromatic heterocycles. The van der Waals surface area contributed by atoms with Crippen LogP contribution in [0, 0.1) is 6.92 Å². The highest BCUT2D eigenvalue weighted by Crippen LogP contribution is 2.28. The molecule has 40 heavy (non-hydrogen) atoms. The number of likely N-dealkylation sites (tertiary alicyclic amines) is 1. The Kier molecular flexibility index (Phi) is 11.4. The Balaban J connectivity index is 1.34. The summed E-state index contributed by atoms with van der Waals surface area (Å²) >= 11 is 1.56. The molecule has 2 heterocycles. The Morgan fingerprint density at radius 2 is 1.85 bits per heavy atom. The number of ether oxygens (including phenoxy) is 2. The first-order valence-electron chi connectivity index (χ1n) is 14.4. The fourth-order valence-corrected chi connectivity index (χ4v) is 6.05. The Labute approximate surface area is 243 Å². The minimum Gasteiger partial charge on any atom is -0.493 e. The van der Waals surface area contributed by atoms with Gasteiger partial charge in [-0.05, 0) is 69.3 Å². The van der Waals surface area contributed by atoms with Crippen LogP contribution in [0.3, 0.4) is 0 Å². The van der Waals surface area contributed by atoms with Gasteiger partial charge >= 0.3 is 0 Å². The summed E-state index contributed by atoms with van der Waals surface area (Å²) in [6.45, 7) is 9.65. The number of carbonyl (C=O) groups is 1. The highest BCUT2D eigenvalue weighted by molar-refractivity contribution is 7.09. The number of nitrogens with one attached hydrogen (secondary N) is 1. The number of amides is 1. The Bertz CT molecular complexity index is 1210. The minimum atomic E-state index is -0.0791. The van der Waals surface area contributed by atoms with E-state index in [4.69, 9.17) is 14.5 Å². The van der Waals surface area contributed by atoms with Gasteiger partial charge in [-0.1, -0.05) is 42.3 Å². The van der Waals surface area contributed by atoms with Crippen molar-refractivity contribution >= 4 is 17.2 Å². The molecule has 1 aliphatic rings. The summed E-state index contributed by atoms with van der Waals surface area (Å²) in [5.74, 6) is 1.40. The van der Waals surface area contributed by atoms with Gasteiger partial charge in [0.05, 0.1) is 20.8 Å². The first kappa shape index (κ1) is 30.0. The van der Waals surface area contributed by atoms with Gasteiger partial charge in [-0.2, -0.15) is 0 Å². The Hall–Kier alpha value is -2.94. The third kappa shape index (κ3) is 8.78. The second-order valence-electron chi connectivity index (χ2n) is 10.8. The maximum atomic E-state index is 12.8. The average Bonchev–Trinajstić information content (AvgIpc) is 3.44. The zero-order chi connectivity index (χ0) is 28.3. The van der Waals surface area contributed by atoms with Gasteiger partial charge in [-0.3, -0.25) is 9.69 Å². The van der Waals surface area contributed by atoms with Crippen LogP contribution in [0.1, 0.15) is 64.8 Å². The van der Waals surface area contributed by atoms with Crippen molar-refractivity contribution in [3.8, 4) is 11.5 Å². The summed E-state index contributed by atoms with van der Waals surface area (Å²) in [5, 5.41) is 5.91. The van der Waals surface area contributed by atoms with Gasteiger partial charge in [0.15, 0.2) is 11.5 Å². The predicted octanol–water partition coefficient (Wildman–Crippen LogP) is 5.71. The summed E-state index contributed by atoms with van der Waals surface area (Å²) in [5.41, 5.74) is 4.21. The summed E-state index contributed by atoms with van der Waals surface area (Å²) in [4.78, 5) is 22.4. The van der Waals surface area contributed by atoms with E-state index < -0.39 is 0 Å². The van der Waals surface area contributed by atoms with Gasteiger partial charge in [-0.25, -0.2) is 4.98 Å². The largest absolute Gasteiger partial charge is 0.493 e. The molecular formula is C32H44N4O3S. The number of hydrogen-bond donors (Lipinski definition) is 1. The smallest absolute Gasteiger partial charge is 0.270 e. The van der Waals surface area contributed by atoms with Crippen molar-refractivity contribution in [1.82, 2.24) is 20.1 Å². The van der Waals surface area contributed by atoms with E-state index in [0.29, 0.717) is 24.8 Å². The molecule has 1 unspecified atom stereocenters. The number of hydrogen-bond acceptors (Lipinski definition) is 7. The minimum absolute atomic E-state index is 0.0791. The van der Waals surface area contributed by atoms with Crippen molar-refractivity contribution in [1.29, 1.82) is 0 Å². The molecule has 3 aromatic rings. The van der Waals surface area contributed by atoms with E-state index in [-0.39, 0.29) is 5.91 Å². The molecule has 0 saturated carbocycles. The molecule has 4 rings (SSSR count). The number of aryl methyl sites for hydroxylation is 1. The first-order chi connectivity index (χ1) is 19.4. The lowest BCUT2D eigenvalue weighted by Crippen LogP contribution is -2.39. The van der Waals surface area contributed by atoms with Crippen molar-refractivity contribution in [3.63, 3.8) is 0 Å². The van der Waals surface area contributed by atoms with Crippen LogP contribution < -0.4 is 14.8 Å². The molecule has 0 spiro atoms. The van der Waals surface area contributed by atoms with Crippen molar-refractivity contribution in [2.24, 2.45) is 0 Å². The van der Waals surface area contributed by atoms with E-state index in [1.807, 2.05) is 17.5 Å². The fourth-order valence-electron chi connectivity index (χ4n) is 5.23. The number of thiazole rings is 1. The Morgan fingerprint density at radius 1 is 1.07 bits per heavy atom. The fraction of sp³-hybridized carbons (Fsp3) is 0.500. The summed E-state index contributed by atoms with van der Waals surface area (Å²) in [7, 11) is 3.32. The van der Waals surface area contributed by atoms with Crippen molar-refractivity contribution in [2.45, 2.75) is 65.1 Å². The van der Waals surface area contributed by atoms with Crippen LogP contribution >= 0.6 is 11.3 Å². The van der Waals surface area contributed by atoms with Crippen molar-refractivity contribution in [3.05, 3.63) is 75.2 Å².